The van der Waals surface area contributed by atoms with E-state index in [0.29, 0.717) is 11.3 Å². The van der Waals surface area contributed by atoms with Gasteiger partial charge in [-0.15, -0.1) is 0 Å². The van der Waals surface area contributed by atoms with Crippen LogP contribution in [0.2, 0.25) is 0 Å². The molecule has 0 saturated carbocycles. The average molecular weight is 362 g/mol. The predicted octanol–water partition coefficient (Wildman–Crippen LogP) is 4.25. The first-order chi connectivity index (χ1) is 12.9. The standard InChI is InChI=1S/C22H18O5/c1-22(19-9-7-15(24)10-20(19)26)12-18(13-2-4-14(23)5-3-13)17-8-6-16(25)11-21(17)27-22/h2-12,23-26H,1H3. The van der Waals surface area contributed by atoms with Gasteiger partial charge in [-0.3, -0.25) is 0 Å². The van der Waals surface area contributed by atoms with Gasteiger partial charge in [0, 0.05) is 23.3 Å². The lowest BCUT2D eigenvalue weighted by atomic mass is 9.85. The zero-order valence-corrected chi connectivity index (χ0v) is 14.5. The first-order valence-corrected chi connectivity index (χ1v) is 8.43. The molecule has 3 aromatic carbocycles. The van der Waals surface area contributed by atoms with Gasteiger partial charge in [-0.1, -0.05) is 12.1 Å². The molecule has 0 spiro atoms. The fourth-order valence-corrected chi connectivity index (χ4v) is 3.38. The van der Waals surface area contributed by atoms with Gasteiger partial charge < -0.3 is 25.2 Å². The third-order valence-corrected chi connectivity index (χ3v) is 4.69. The van der Waals surface area contributed by atoms with Crippen LogP contribution in [0.25, 0.3) is 5.57 Å². The Kier molecular flexibility index (Phi) is 3.73. The Morgan fingerprint density at radius 3 is 2.07 bits per heavy atom. The summed E-state index contributed by atoms with van der Waals surface area (Å²) in [7, 11) is 0. The van der Waals surface area contributed by atoms with Gasteiger partial charge >= 0.3 is 0 Å². The topological polar surface area (TPSA) is 90.2 Å². The monoisotopic (exact) mass is 362 g/mol. The maximum atomic E-state index is 10.4. The van der Waals surface area contributed by atoms with Crippen LogP contribution in [0.4, 0.5) is 0 Å². The van der Waals surface area contributed by atoms with E-state index in [0.717, 1.165) is 16.7 Å². The number of hydrogen-bond acceptors (Lipinski definition) is 5. The summed E-state index contributed by atoms with van der Waals surface area (Å²) in [4.78, 5) is 0. The number of phenolic OH excluding ortho intramolecular Hbond substituents is 4. The van der Waals surface area contributed by atoms with Crippen molar-refractivity contribution in [1.29, 1.82) is 0 Å². The van der Waals surface area contributed by atoms with Gasteiger partial charge in [0.2, 0.25) is 0 Å². The molecule has 136 valence electrons. The number of aromatic hydroxyl groups is 4. The molecule has 3 aromatic rings. The lowest BCUT2D eigenvalue weighted by Gasteiger charge is -2.35. The highest BCUT2D eigenvalue weighted by atomic mass is 16.5. The highest BCUT2D eigenvalue weighted by Gasteiger charge is 2.35. The molecule has 4 N–H and O–H groups in total. The Morgan fingerprint density at radius 1 is 0.741 bits per heavy atom. The minimum atomic E-state index is -1.04. The number of rotatable bonds is 2. The SMILES string of the molecule is CC1(c2ccc(O)cc2O)C=C(c2ccc(O)cc2)c2ccc(O)cc2O1. The third kappa shape index (κ3) is 2.93. The van der Waals surface area contributed by atoms with Gasteiger partial charge in [0.1, 0.15) is 28.7 Å². The van der Waals surface area contributed by atoms with Crippen molar-refractivity contribution in [3.8, 4) is 28.7 Å². The Balaban J connectivity index is 1.94. The van der Waals surface area contributed by atoms with Crippen LogP contribution in [-0.2, 0) is 5.60 Å². The molecule has 1 aliphatic heterocycles. The number of phenols is 4. The van der Waals surface area contributed by atoms with Crippen molar-refractivity contribution >= 4 is 5.57 Å². The first kappa shape index (κ1) is 16.8. The van der Waals surface area contributed by atoms with Gasteiger partial charge in [-0.05, 0) is 60.5 Å². The van der Waals surface area contributed by atoms with Crippen molar-refractivity contribution in [3.05, 3.63) is 83.4 Å². The summed E-state index contributed by atoms with van der Waals surface area (Å²) in [6, 6.07) is 16.0. The molecule has 5 heteroatoms. The normalized spacial score (nSPS) is 18.3. The van der Waals surface area contributed by atoms with E-state index in [9.17, 15) is 20.4 Å². The maximum Gasteiger partial charge on any atom is 0.154 e. The van der Waals surface area contributed by atoms with E-state index < -0.39 is 5.60 Å². The summed E-state index contributed by atoms with van der Waals surface area (Å²) in [5.41, 5.74) is 1.92. The first-order valence-electron chi connectivity index (χ1n) is 8.43. The lowest BCUT2D eigenvalue weighted by molar-refractivity contribution is 0.133. The van der Waals surface area contributed by atoms with Crippen LogP contribution in [0.1, 0.15) is 23.6 Å². The van der Waals surface area contributed by atoms with Crippen LogP contribution in [0.15, 0.2) is 66.7 Å². The molecule has 0 fully saturated rings. The minimum absolute atomic E-state index is 0.0450. The van der Waals surface area contributed by atoms with E-state index in [4.69, 9.17) is 4.74 Å². The van der Waals surface area contributed by atoms with E-state index in [1.54, 1.807) is 49.4 Å². The fourth-order valence-electron chi connectivity index (χ4n) is 3.38. The quantitative estimate of drug-likeness (QED) is 0.547. The van der Waals surface area contributed by atoms with Crippen molar-refractivity contribution in [1.82, 2.24) is 0 Å². The second kappa shape index (κ2) is 5.99. The molecule has 4 rings (SSSR count). The molecule has 0 saturated heterocycles. The molecule has 1 heterocycles. The van der Waals surface area contributed by atoms with E-state index in [1.807, 2.05) is 6.08 Å². The zero-order valence-electron chi connectivity index (χ0n) is 14.5. The summed E-state index contributed by atoms with van der Waals surface area (Å²) < 4.78 is 6.16. The van der Waals surface area contributed by atoms with Crippen LogP contribution < -0.4 is 4.74 Å². The second-order valence-corrected chi connectivity index (χ2v) is 6.70. The summed E-state index contributed by atoms with van der Waals surface area (Å²) >= 11 is 0. The molecule has 0 radical (unpaired) electrons. The van der Waals surface area contributed by atoms with E-state index in [2.05, 4.69) is 0 Å². The van der Waals surface area contributed by atoms with E-state index in [1.165, 1.54) is 18.2 Å². The van der Waals surface area contributed by atoms with Gasteiger partial charge in [-0.25, -0.2) is 0 Å². The third-order valence-electron chi connectivity index (χ3n) is 4.69. The summed E-state index contributed by atoms with van der Waals surface area (Å²) in [5, 5.41) is 39.4. The zero-order chi connectivity index (χ0) is 19.2. The van der Waals surface area contributed by atoms with E-state index >= 15 is 0 Å². The molecule has 1 unspecified atom stereocenters. The molecular weight excluding hydrogens is 344 g/mol. The van der Waals surface area contributed by atoms with Crippen molar-refractivity contribution in [2.24, 2.45) is 0 Å². The maximum absolute atomic E-state index is 10.4. The Bertz CT molecular complexity index is 1050. The largest absolute Gasteiger partial charge is 0.508 e. The van der Waals surface area contributed by atoms with Crippen molar-refractivity contribution < 1.29 is 25.2 Å². The van der Waals surface area contributed by atoms with Crippen LogP contribution in [0.3, 0.4) is 0 Å². The van der Waals surface area contributed by atoms with Crippen LogP contribution in [-0.4, -0.2) is 20.4 Å². The average Bonchev–Trinajstić information content (AvgIpc) is 2.61. The Morgan fingerprint density at radius 2 is 1.37 bits per heavy atom. The molecule has 27 heavy (non-hydrogen) atoms. The highest BCUT2D eigenvalue weighted by Crippen LogP contribution is 2.46. The summed E-state index contributed by atoms with van der Waals surface area (Å²) in [5.74, 6) is 0.559. The highest BCUT2D eigenvalue weighted by molar-refractivity contribution is 5.85. The predicted molar refractivity (Wildman–Crippen MR) is 101 cm³/mol. The minimum Gasteiger partial charge on any atom is -0.508 e. The van der Waals surface area contributed by atoms with E-state index in [-0.39, 0.29) is 23.0 Å². The molecule has 1 atom stereocenters. The van der Waals surface area contributed by atoms with Crippen LogP contribution in [0.5, 0.6) is 28.7 Å². The summed E-state index contributed by atoms with van der Waals surface area (Å²) in [6.07, 6.45) is 1.88. The Labute approximate surface area is 156 Å². The molecule has 0 amide bonds. The van der Waals surface area contributed by atoms with Crippen molar-refractivity contribution in [2.45, 2.75) is 12.5 Å². The van der Waals surface area contributed by atoms with Crippen LogP contribution in [0, 0.1) is 0 Å². The Hall–Kier alpha value is -3.60. The van der Waals surface area contributed by atoms with Gasteiger partial charge in [0.05, 0.1) is 0 Å². The molecule has 1 aliphatic rings. The molecular formula is C22H18O5. The van der Waals surface area contributed by atoms with Crippen LogP contribution >= 0.6 is 0 Å². The number of fused-ring (bicyclic) bond motifs is 1. The van der Waals surface area contributed by atoms with Gasteiger partial charge in [0.15, 0.2) is 5.60 Å². The number of benzene rings is 3. The molecule has 0 aliphatic carbocycles. The second-order valence-electron chi connectivity index (χ2n) is 6.70. The lowest BCUT2D eigenvalue weighted by Crippen LogP contribution is -2.30. The van der Waals surface area contributed by atoms with Crippen molar-refractivity contribution in [3.63, 3.8) is 0 Å². The number of hydrogen-bond donors (Lipinski definition) is 4. The smallest absolute Gasteiger partial charge is 0.154 e. The van der Waals surface area contributed by atoms with Gasteiger partial charge in [0.25, 0.3) is 0 Å². The fraction of sp³-hybridized carbons (Fsp3) is 0.0909. The molecule has 5 nitrogen and oxygen atoms in total. The molecule has 0 aromatic heterocycles. The molecule has 0 bridgehead atoms. The number of ether oxygens (including phenoxy) is 1. The van der Waals surface area contributed by atoms with Gasteiger partial charge in [-0.2, -0.15) is 0 Å². The van der Waals surface area contributed by atoms with Crippen molar-refractivity contribution in [2.75, 3.05) is 0 Å². The summed E-state index contributed by atoms with van der Waals surface area (Å²) in [6.45, 7) is 1.80.